The maximum Gasteiger partial charge on any atom is 0.280 e. The average molecular weight is 291 g/mol. The molecule has 0 unspecified atom stereocenters. The molecule has 1 fully saturated rings. The van der Waals surface area contributed by atoms with E-state index in [9.17, 15) is 4.79 Å². The van der Waals surface area contributed by atoms with Crippen molar-refractivity contribution in [1.29, 1.82) is 0 Å². The number of nitrogen functional groups attached to an aromatic ring is 1. The van der Waals surface area contributed by atoms with Crippen molar-refractivity contribution in [2.75, 3.05) is 11.1 Å². The Morgan fingerprint density at radius 1 is 1.55 bits per heavy atom. The summed E-state index contributed by atoms with van der Waals surface area (Å²) >= 11 is 1.44. The highest BCUT2D eigenvalue weighted by Gasteiger charge is 2.26. The summed E-state index contributed by atoms with van der Waals surface area (Å²) < 4.78 is 0. The number of nitrogens with two attached hydrogens (primary N) is 1. The Labute approximate surface area is 120 Å². The highest BCUT2D eigenvalue weighted by molar-refractivity contribution is 7.14. The van der Waals surface area contributed by atoms with Gasteiger partial charge in [0.05, 0.1) is 17.1 Å². The SMILES string of the molecule is CC(C)c1[nH]nc(C(=O)Nc2nc(C3CC3)cs2)c1N. The van der Waals surface area contributed by atoms with E-state index in [-0.39, 0.29) is 17.5 Å². The van der Waals surface area contributed by atoms with E-state index in [0.29, 0.717) is 16.7 Å². The lowest BCUT2D eigenvalue weighted by molar-refractivity contribution is 0.102. The van der Waals surface area contributed by atoms with Crippen LogP contribution < -0.4 is 11.1 Å². The molecule has 0 spiro atoms. The van der Waals surface area contributed by atoms with Crippen LogP contribution in [-0.4, -0.2) is 21.1 Å². The van der Waals surface area contributed by atoms with Crippen LogP contribution in [0.25, 0.3) is 0 Å². The van der Waals surface area contributed by atoms with Gasteiger partial charge in [-0.3, -0.25) is 15.2 Å². The van der Waals surface area contributed by atoms with Crippen molar-refractivity contribution in [2.45, 2.75) is 38.5 Å². The fraction of sp³-hybridized carbons (Fsp3) is 0.462. The van der Waals surface area contributed by atoms with Gasteiger partial charge in [-0.1, -0.05) is 13.8 Å². The largest absolute Gasteiger partial charge is 0.395 e. The molecule has 4 N–H and O–H groups in total. The fourth-order valence-corrected chi connectivity index (χ4v) is 2.83. The monoisotopic (exact) mass is 291 g/mol. The van der Waals surface area contributed by atoms with Gasteiger partial charge in [0.1, 0.15) is 0 Å². The molecule has 2 heterocycles. The number of aromatic amines is 1. The van der Waals surface area contributed by atoms with Crippen LogP contribution in [-0.2, 0) is 0 Å². The molecule has 1 amide bonds. The van der Waals surface area contributed by atoms with Gasteiger partial charge in [-0.25, -0.2) is 4.98 Å². The van der Waals surface area contributed by atoms with Crippen LogP contribution in [0.5, 0.6) is 0 Å². The minimum atomic E-state index is -0.317. The molecule has 0 saturated heterocycles. The van der Waals surface area contributed by atoms with Crippen LogP contribution >= 0.6 is 11.3 Å². The van der Waals surface area contributed by atoms with Crippen molar-refractivity contribution >= 4 is 28.1 Å². The highest BCUT2D eigenvalue weighted by atomic mass is 32.1. The first-order valence-electron chi connectivity index (χ1n) is 6.66. The molecule has 0 aromatic carbocycles. The van der Waals surface area contributed by atoms with E-state index in [2.05, 4.69) is 20.5 Å². The third-order valence-electron chi connectivity index (χ3n) is 3.36. The predicted molar refractivity (Wildman–Crippen MR) is 79.1 cm³/mol. The van der Waals surface area contributed by atoms with E-state index in [1.165, 1.54) is 24.2 Å². The molecule has 2 aromatic heterocycles. The van der Waals surface area contributed by atoms with Crippen LogP contribution in [0.1, 0.15) is 60.4 Å². The minimum absolute atomic E-state index is 0.199. The number of nitrogens with zero attached hydrogens (tertiary/aromatic N) is 2. The van der Waals surface area contributed by atoms with Gasteiger partial charge >= 0.3 is 0 Å². The van der Waals surface area contributed by atoms with Crippen LogP contribution in [0.2, 0.25) is 0 Å². The number of rotatable bonds is 4. The summed E-state index contributed by atoms with van der Waals surface area (Å²) in [4.78, 5) is 16.6. The van der Waals surface area contributed by atoms with E-state index < -0.39 is 0 Å². The van der Waals surface area contributed by atoms with Gasteiger partial charge in [0, 0.05) is 11.3 Å². The maximum atomic E-state index is 12.2. The first-order chi connectivity index (χ1) is 9.56. The Morgan fingerprint density at radius 2 is 2.30 bits per heavy atom. The van der Waals surface area contributed by atoms with E-state index in [1.807, 2.05) is 19.2 Å². The molecule has 1 aliphatic rings. The molecule has 0 atom stereocenters. The molecule has 0 bridgehead atoms. The normalized spacial score (nSPS) is 14.8. The molecule has 7 heteroatoms. The van der Waals surface area contributed by atoms with Gasteiger partial charge < -0.3 is 5.73 Å². The second kappa shape index (κ2) is 4.90. The van der Waals surface area contributed by atoms with Gasteiger partial charge in [0.25, 0.3) is 5.91 Å². The minimum Gasteiger partial charge on any atom is -0.395 e. The Hall–Kier alpha value is -1.89. The number of hydrogen-bond acceptors (Lipinski definition) is 5. The molecular weight excluding hydrogens is 274 g/mol. The highest BCUT2D eigenvalue weighted by Crippen LogP contribution is 2.40. The third kappa shape index (κ3) is 2.40. The third-order valence-corrected chi connectivity index (χ3v) is 4.14. The summed E-state index contributed by atoms with van der Waals surface area (Å²) in [6, 6.07) is 0. The fourth-order valence-electron chi connectivity index (χ4n) is 2.04. The second-order valence-corrected chi connectivity index (χ2v) is 6.22. The van der Waals surface area contributed by atoms with Crippen molar-refractivity contribution in [1.82, 2.24) is 15.2 Å². The molecule has 3 rings (SSSR count). The number of carbonyl (C=O) groups is 1. The van der Waals surface area contributed by atoms with Crippen molar-refractivity contribution in [3.05, 3.63) is 22.5 Å². The van der Waals surface area contributed by atoms with Crippen molar-refractivity contribution < 1.29 is 4.79 Å². The zero-order valence-corrected chi connectivity index (χ0v) is 12.3. The van der Waals surface area contributed by atoms with Gasteiger partial charge in [0.2, 0.25) is 0 Å². The molecule has 0 aliphatic heterocycles. The van der Waals surface area contributed by atoms with Gasteiger partial charge in [-0.05, 0) is 18.8 Å². The first kappa shape index (κ1) is 13.1. The zero-order valence-electron chi connectivity index (χ0n) is 11.4. The van der Waals surface area contributed by atoms with E-state index >= 15 is 0 Å². The quantitative estimate of drug-likeness (QED) is 0.806. The number of aromatic nitrogens is 3. The summed E-state index contributed by atoms with van der Waals surface area (Å²) in [6.07, 6.45) is 2.39. The number of H-pyrrole nitrogens is 1. The number of hydrogen-bond donors (Lipinski definition) is 3. The van der Waals surface area contributed by atoms with Crippen LogP contribution in [0.15, 0.2) is 5.38 Å². The van der Waals surface area contributed by atoms with Crippen molar-refractivity contribution in [3.8, 4) is 0 Å². The molecule has 6 nitrogen and oxygen atoms in total. The Kier molecular flexibility index (Phi) is 3.21. The van der Waals surface area contributed by atoms with Crippen molar-refractivity contribution in [2.24, 2.45) is 0 Å². The number of anilines is 2. The summed E-state index contributed by atoms with van der Waals surface area (Å²) in [7, 11) is 0. The van der Waals surface area contributed by atoms with Gasteiger partial charge in [0.15, 0.2) is 10.8 Å². The van der Waals surface area contributed by atoms with Gasteiger partial charge in [-0.2, -0.15) is 5.10 Å². The molecule has 106 valence electrons. The van der Waals surface area contributed by atoms with Crippen LogP contribution in [0.4, 0.5) is 10.8 Å². The lowest BCUT2D eigenvalue weighted by Crippen LogP contribution is -2.14. The van der Waals surface area contributed by atoms with E-state index in [0.717, 1.165) is 11.4 Å². The molecule has 20 heavy (non-hydrogen) atoms. The number of carbonyl (C=O) groups excluding carboxylic acids is 1. The van der Waals surface area contributed by atoms with Crippen LogP contribution in [0, 0.1) is 0 Å². The molecular formula is C13H17N5OS. The lowest BCUT2D eigenvalue weighted by atomic mass is 10.1. The Morgan fingerprint density at radius 3 is 2.90 bits per heavy atom. The van der Waals surface area contributed by atoms with Gasteiger partial charge in [-0.15, -0.1) is 11.3 Å². The summed E-state index contributed by atoms with van der Waals surface area (Å²) in [5, 5.41) is 12.2. The molecule has 1 saturated carbocycles. The standard InChI is InChI=1S/C13H17N5OS/c1-6(2)10-9(14)11(18-17-10)12(19)16-13-15-8(5-20-13)7-3-4-7/h5-7H,3-4,14H2,1-2H3,(H,17,18)(H,15,16,19). The summed E-state index contributed by atoms with van der Waals surface area (Å²) in [6.45, 7) is 3.99. The molecule has 1 aliphatic carbocycles. The smallest absolute Gasteiger partial charge is 0.280 e. The van der Waals surface area contributed by atoms with E-state index in [1.54, 1.807) is 0 Å². The Bertz CT molecular complexity index is 641. The number of thiazole rings is 1. The van der Waals surface area contributed by atoms with Crippen LogP contribution in [0.3, 0.4) is 0 Å². The maximum absolute atomic E-state index is 12.2. The predicted octanol–water partition coefficient (Wildman–Crippen LogP) is 2.70. The van der Waals surface area contributed by atoms with E-state index in [4.69, 9.17) is 5.73 Å². The number of amides is 1. The zero-order chi connectivity index (χ0) is 14.3. The second-order valence-electron chi connectivity index (χ2n) is 5.36. The topological polar surface area (TPSA) is 96.7 Å². The Balaban J connectivity index is 1.75. The van der Waals surface area contributed by atoms with Crippen molar-refractivity contribution in [3.63, 3.8) is 0 Å². The molecule has 2 aromatic rings. The lowest BCUT2D eigenvalue weighted by Gasteiger charge is -2.03. The summed E-state index contributed by atoms with van der Waals surface area (Å²) in [5.41, 5.74) is 8.45. The first-order valence-corrected chi connectivity index (χ1v) is 7.54. The average Bonchev–Trinajstić information content (AvgIpc) is 3.02. The number of nitrogens with one attached hydrogen (secondary N) is 2. The molecule has 0 radical (unpaired) electrons. The summed E-state index contributed by atoms with van der Waals surface area (Å²) in [5.74, 6) is 0.465.